The molecule has 0 fully saturated rings. The minimum atomic E-state index is -0.131. The molecule has 1 atom stereocenters. The number of hydrogen-bond donors (Lipinski definition) is 1. The first-order valence-corrected chi connectivity index (χ1v) is 9.23. The number of amides is 1. The molecule has 0 aliphatic carbocycles. The Balaban J connectivity index is 2.29. The van der Waals surface area contributed by atoms with Gasteiger partial charge in [0.2, 0.25) is 0 Å². The van der Waals surface area contributed by atoms with Crippen LogP contribution in [0, 0.1) is 26.7 Å². The second-order valence-corrected chi connectivity index (χ2v) is 8.25. The summed E-state index contributed by atoms with van der Waals surface area (Å²) in [6.45, 7) is 14.2. The first-order valence-electron chi connectivity index (χ1n) is 8.41. The van der Waals surface area contributed by atoms with Crippen molar-refractivity contribution < 1.29 is 9.32 Å². The summed E-state index contributed by atoms with van der Waals surface area (Å²) in [4.78, 5) is 18.7. The first-order chi connectivity index (χ1) is 11.2. The fraction of sp³-hybridized carbons (Fsp3) is 0.611. The zero-order valence-electron chi connectivity index (χ0n) is 15.6. The highest BCUT2D eigenvalue weighted by atomic mass is 32.1. The molecule has 2 rings (SSSR count). The number of nitrogens with zero attached hydrogens (tertiary/aromatic N) is 2. The SMILES string of the molecule is Cc1nc(C(CC(C)C)NC(=O)c2c(C)noc2C(C)C)sc1C. The molecule has 1 amide bonds. The third kappa shape index (κ3) is 4.04. The molecule has 2 aromatic rings. The van der Waals surface area contributed by atoms with Crippen molar-refractivity contribution in [1.29, 1.82) is 0 Å². The highest BCUT2D eigenvalue weighted by Crippen LogP contribution is 2.29. The van der Waals surface area contributed by atoms with Gasteiger partial charge in [-0.15, -0.1) is 11.3 Å². The van der Waals surface area contributed by atoms with Gasteiger partial charge in [-0.3, -0.25) is 4.79 Å². The van der Waals surface area contributed by atoms with Crippen LogP contribution in [0.25, 0.3) is 0 Å². The fourth-order valence-corrected chi connectivity index (χ4v) is 3.61. The fourth-order valence-electron chi connectivity index (χ4n) is 2.63. The molecule has 2 aromatic heterocycles. The average molecular weight is 350 g/mol. The van der Waals surface area contributed by atoms with E-state index in [0.717, 1.165) is 17.1 Å². The molecular formula is C18H27N3O2S. The first kappa shape index (κ1) is 18.6. The standard InChI is InChI=1S/C18H27N3O2S/c1-9(2)8-14(18-19-11(5)13(7)24-18)20-17(22)15-12(6)21-23-16(15)10(3)4/h9-10,14H,8H2,1-7H3,(H,20,22). The minimum Gasteiger partial charge on any atom is -0.360 e. The Labute approximate surface area is 147 Å². The van der Waals surface area contributed by atoms with Crippen molar-refractivity contribution in [3.63, 3.8) is 0 Å². The van der Waals surface area contributed by atoms with E-state index in [-0.39, 0.29) is 17.9 Å². The van der Waals surface area contributed by atoms with Crippen molar-refractivity contribution in [1.82, 2.24) is 15.5 Å². The molecule has 1 N–H and O–H groups in total. The van der Waals surface area contributed by atoms with E-state index in [1.165, 1.54) is 4.88 Å². The van der Waals surface area contributed by atoms with Crippen molar-refractivity contribution in [2.45, 2.75) is 66.8 Å². The van der Waals surface area contributed by atoms with E-state index < -0.39 is 0 Å². The van der Waals surface area contributed by atoms with Gasteiger partial charge in [-0.05, 0) is 33.1 Å². The molecule has 132 valence electrons. The molecule has 1 unspecified atom stereocenters. The summed E-state index contributed by atoms with van der Waals surface area (Å²) in [5.41, 5.74) is 2.22. The monoisotopic (exact) mass is 349 g/mol. The molecule has 6 heteroatoms. The maximum Gasteiger partial charge on any atom is 0.257 e. The lowest BCUT2D eigenvalue weighted by Gasteiger charge is -2.19. The topological polar surface area (TPSA) is 68.0 Å². The molecule has 0 saturated heterocycles. The number of carbonyl (C=O) groups is 1. The van der Waals surface area contributed by atoms with Crippen LogP contribution in [0.5, 0.6) is 0 Å². The number of hydrogen-bond acceptors (Lipinski definition) is 5. The lowest BCUT2D eigenvalue weighted by Crippen LogP contribution is -2.30. The van der Waals surface area contributed by atoms with Crippen LogP contribution < -0.4 is 5.32 Å². The second-order valence-electron chi connectivity index (χ2n) is 7.01. The molecule has 0 radical (unpaired) electrons. The highest BCUT2D eigenvalue weighted by molar-refractivity contribution is 7.11. The predicted octanol–water partition coefficient (Wildman–Crippen LogP) is 4.70. The van der Waals surface area contributed by atoms with E-state index >= 15 is 0 Å². The Bertz CT molecular complexity index is 696. The number of carbonyl (C=O) groups excluding carboxylic acids is 1. The van der Waals surface area contributed by atoms with Crippen LogP contribution in [0.2, 0.25) is 0 Å². The van der Waals surface area contributed by atoms with Crippen molar-refractivity contribution in [3.05, 3.63) is 32.6 Å². The largest absolute Gasteiger partial charge is 0.360 e. The smallest absolute Gasteiger partial charge is 0.257 e. The van der Waals surface area contributed by atoms with Crippen LogP contribution in [0.1, 0.15) is 83.5 Å². The van der Waals surface area contributed by atoms with Crippen molar-refractivity contribution in [2.75, 3.05) is 0 Å². The van der Waals surface area contributed by atoms with Gasteiger partial charge < -0.3 is 9.84 Å². The van der Waals surface area contributed by atoms with Crippen LogP contribution in [-0.2, 0) is 0 Å². The van der Waals surface area contributed by atoms with Gasteiger partial charge >= 0.3 is 0 Å². The number of aryl methyl sites for hydroxylation is 3. The minimum absolute atomic E-state index is 0.0933. The summed E-state index contributed by atoms with van der Waals surface area (Å²) in [6.07, 6.45) is 0.847. The molecule has 0 bridgehead atoms. The molecule has 24 heavy (non-hydrogen) atoms. The summed E-state index contributed by atoms with van der Waals surface area (Å²) in [5, 5.41) is 8.09. The molecular weight excluding hydrogens is 322 g/mol. The number of nitrogens with one attached hydrogen (secondary N) is 1. The van der Waals surface area contributed by atoms with E-state index in [1.807, 2.05) is 20.8 Å². The number of thiazole rings is 1. The molecule has 0 aliphatic rings. The van der Waals surface area contributed by atoms with Crippen molar-refractivity contribution >= 4 is 17.2 Å². The summed E-state index contributed by atoms with van der Waals surface area (Å²) in [5.74, 6) is 1.07. The molecule has 0 saturated carbocycles. The lowest BCUT2D eigenvalue weighted by atomic mass is 10.0. The van der Waals surface area contributed by atoms with Gasteiger partial charge in [-0.2, -0.15) is 0 Å². The van der Waals surface area contributed by atoms with Crippen molar-refractivity contribution in [2.24, 2.45) is 5.92 Å². The second kappa shape index (κ2) is 7.47. The third-order valence-corrected chi connectivity index (χ3v) is 5.18. The summed E-state index contributed by atoms with van der Waals surface area (Å²) in [6, 6.07) is -0.0933. The maximum absolute atomic E-state index is 12.9. The Kier molecular flexibility index (Phi) is 5.80. The van der Waals surface area contributed by atoms with E-state index in [2.05, 4.69) is 36.2 Å². The van der Waals surface area contributed by atoms with Gasteiger partial charge in [0.25, 0.3) is 5.91 Å². The molecule has 2 heterocycles. The van der Waals surface area contributed by atoms with Crippen molar-refractivity contribution in [3.8, 4) is 0 Å². The van der Waals surface area contributed by atoms with E-state index in [4.69, 9.17) is 4.52 Å². The van der Waals surface area contributed by atoms with Crippen LogP contribution >= 0.6 is 11.3 Å². The lowest BCUT2D eigenvalue weighted by molar-refractivity contribution is 0.0928. The predicted molar refractivity (Wildman–Crippen MR) is 96.6 cm³/mol. The molecule has 5 nitrogen and oxygen atoms in total. The summed E-state index contributed by atoms with van der Waals surface area (Å²) in [7, 11) is 0. The average Bonchev–Trinajstić information content (AvgIpc) is 3.01. The van der Waals surface area contributed by atoms with Crippen LogP contribution in [0.4, 0.5) is 0 Å². The van der Waals surface area contributed by atoms with E-state index in [0.29, 0.717) is 22.9 Å². The number of aromatic nitrogens is 2. The highest BCUT2D eigenvalue weighted by Gasteiger charge is 2.26. The zero-order valence-corrected chi connectivity index (χ0v) is 16.4. The third-order valence-electron chi connectivity index (χ3n) is 4.00. The maximum atomic E-state index is 12.9. The van der Waals surface area contributed by atoms with Gasteiger partial charge in [-0.25, -0.2) is 4.98 Å². The summed E-state index contributed by atoms with van der Waals surface area (Å²) < 4.78 is 5.35. The number of rotatable bonds is 6. The van der Waals surface area contributed by atoms with Crippen LogP contribution in [0.3, 0.4) is 0 Å². The normalized spacial score (nSPS) is 12.9. The Hall–Kier alpha value is -1.69. The molecule has 0 spiro atoms. The zero-order chi connectivity index (χ0) is 18.0. The van der Waals surface area contributed by atoms with Gasteiger partial charge in [0.15, 0.2) is 5.76 Å². The Morgan fingerprint density at radius 2 is 1.83 bits per heavy atom. The van der Waals surface area contributed by atoms with E-state index in [1.54, 1.807) is 18.3 Å². The molecule has 0 aromatic carbocycles. The molecule has 0 aliphatic heterocycles. The van der Waals surface area contributed by atoms with Gasteiger partial charge in [-0.1, -0.05) is 32.9 Å². The van der Waals surface area contributed by atoms with E-state index in [9.17, 15) is 4.79 Å². The Morgan fingerprint density at radius 1 is 1.17 bits per heavy atom. The Morgan fingerprint density at radius 3 is 2.33 bits per heavy atom. The summed E-state index contributed by atoms with van der Waals surface area (Å²) >= 11 is 1.65. The van der Waals surface area contributed by atoms with Crippen LogP contribution in [-0.4, -0.2) is 16.0 Å². The van der Waals surface area contributed by atoms with Gasteiger partial charge in [0, 0.05) is 10.8 Å². The quantitative estimate of drug-likeness (QED) is 0.821. The van der Waals surface area contributed by atoms with Crippen LogP contribution in [0.15, 0.2) is 4.52 Å². The van der Waals surface area contributed by atoms with Gasteiger partial charge in [0.05, 0.1) is 17.4 Å². The van der Waals surface area contributed by atoms with Gasteiger partial charge in [0.1, 0.15) is 10.6 Å².